The van der Waals surface area contributed by atoms with Crippen molar-refractivity contribution in [3.8, 4) is 0 Å². The minimum absolute atomic E-state index is 0.0576. The van der Waals surface area contributed by atoms with Crippen LogP contribution in [0.5, 0.6) is 0 Å². The van der Waals surface area contributed by atoms with Crippen LogP contribution < -0.4 is 33.6 Å². The van der Waals surface area contributed by atoms with Crippen LogP contribution in [-0.4, -0.2) is 94.5 Å². The van der Waals surface area contributed by atoms with Gasteiger partial charge < -0.3 is 48.7 Å². The lowest BCUT2D eigenvalue weighted by molar-refractivity contribution is -0.144. The average molecular weight is 529 g/mol. The number of carbonyl (C=O) groups excluding carboxylic acids is 3. The third kappa shape index (κ3) is 11.4. The number of aliphatic carboxylic acids is 2. The van der Waals surface area contributed by atoms with Gasteiger partial charge in [0, 0.05) is 19.5 Å². The summed E-state index contributed by atoms with van der Waals surface area (Å²) in [6, 6.07) is -4.20. The number of hydrogen-bond donors (Lipinski definition) is 8. The normalized spacial score (nSPS) is 17.4. The molecule has 37 heavy (non-hydrogen) atoms. The summed E-state index contributed by atoms with van der Waals surface area (Å²) in [6.07, 6.45) is 2.23. The van der Waals surface area contributed by atoms with Crippen LogP contribution in [0.3, 0.4) is 0 Å². The van der Waals surface area contributed by atoms with Crippen molar-refractivity contribution in [3.05, 3.63) is 0 Å². The lowest BCUT2D eigenvalue weighted by Gasteiger charge is -2.28. The summed E-state index contributed by atoms with van der Waals surface area (Å²) >= 11 is 0. The van der Waals surface area contributed by atoms with Gasteiger partial charge in [-0.1, -0.05) is 0 Å². The van der Waals surface area contributed by atoms with Crippen LogP contribution in [0.4, 0.5) is 0 Å². The number of nitrogens with one attached hydrogen (secondary N) is 2. The van der Waals surface area contributed by atoms with Crippen LogP contribution in [0.2, 0.25) is 0 Å². The zero-order valence-corrected chi connectivity index (χ0v) is 20.9. The van der Waals surface area contributed by atoms with Gasteiger partial charge in [-0.2, -0.15) is 0 Å². The molecule has 1 rings (SSSR count). The molecular weight excluding hydrogens is 488 g/mol. The zero-order valence-electron chi connectivity index (χ0n) is 20.9. The highest BCUT2D eigenvalue weighted by Crippen LogP contribution is 2.20. The summed E-state index contributed by atoms with van der Waals surface area (Å²) in [5.74, 6) is -4.35. The van der Waals surface area contributed by atoms with E-state index >= 15 is 0 Å². The molecule has 0 saturated carbocycles. The van der Waals surface area contributed by atoms with Crippen molar-refractivity contribution in [1.29, 1.82) is 0 Å². The standard InChI is InChI=1S/C22H40N8O7/c23-10-2-1-6-14(18(33)29-15(21(36)37)8-9-17(31)32)28-19(34)16-7-4-12-30(16)20(35)13(24)5-3-11-27-22(25)26/h13-16H,1-12,23-24H2,(H,28,34)(H,29,33)(H,31,32)(H,36,37)(H4,25,26,27). The molecule has 0 aromatic rings. The van der Waals surface area contributed by atoms with Crippen LogP contribution in [-0.2, 0) is 24.0 Å². The largest absolute Gasteiger partial charge is 0.481 e. The molecular formula is C22H40N8O7. The van der Waals surface area contributed by atoms with E-state index in [1.165, 1.54) is 4.90 Å². The molecule has 0 aromatic carbocycles. The summed E-state index contributed by atoms with van der Waals surface area (Å²) < 4.78 is 0. The first-order valence-electron chi connectivity index (χ1n) is 12.3. The van der Waals surface area contributed by atoms with Crippen molar-refractivity contribution >= 4 is 35.6 Å². The number of aliphatic imine (C=N–C) groups is 1. The Balaban J connectivity index is 2.85. The molecule has 0 aromatic heterocycles. The Hall–Kier alpha value is -3.46. The molecule has 3 amide bonds. The van der Waals surface area contributed by atoms with E-state index < -0.39 is 60.2 Å². The van der Waals surface area contributed by atoms with Crippen LogP contribution in [0.15, 0.2) is 4.99 Å². The van der Waals surface area contributed by atoms with E-state index in [-0.39, 0.29) is 18.8 Å². The van der Waals surface area contributed by atoms with Gasteiger partial charge in [-0.05, 0) is 57.9 Å². The van der Waals surface area contributed by atoms with Crippen molar-refractivity contribution in [1.82, 2.24) is 15.5 Å². The fraction of sp³-hybridized carbons (Fsp3) is 0.727. The number of nitrogens with zero attached hydrogens (tertiary/aromatic N) is 2. The van der Waals surface area contributed by atoms with Gasteiger partial charge in [0.1, 0.15) is 18.1 Å². The van der Waals surface area contributed by atoms with E-state index in [1.54, 1.807) is 0 Å². The van der Waals surface area contributed by atoms with Gasteiger partial charge in [0.2, 0.25) is 17.7 Å². The summed E-state index contributed by atoms with van der Waals surface area (Å²) in [6.45, 7) is 1.01. The maximum absolute atomic E-state index is 13.1. The molecule has 1 heterocycles. The highest BCUT2D eigenvalue weighted by molar-refractivity contribution is 5.94. The highest BCUT2D eigenvalue weighted by atomic mass is 16.4. The molecule has 0 spiro atoms. The van der Waals surface area contributed by atoms with Crippen LogP contribution in [0.1, 0.15) is 57.8 Å². The molecule has 15 nitrogen and oxygen atoms in total. The lowest BCUT2D eigenvalue weighted by atomic mass is 10.1. The number of carboxylic acid groups (broad SMARTS) is 2. The average Bonchev–Trinajstić information content (AvgIpc) is 3.32. The number of nitrogens with two attached hydrogens (primary N) is 4. The Labute approximate surface area is 215 Å². The van der Waals surface area contributed by atoms with Crippen LogP contribution >= 0.6 is 0 Å². The molecule has 1 aliphatic heterocycles. The van der Waals surface area contributed by atoms with Gasteiger partial charge in [0.25, 0.3) is 0 Å². The Morgan fingerprint density at radius 1 is 0.973 bits per heavy atom. The highest BCUT2D eigenvalue weighted by Gasteiger charge is 2.37. The number of carboxylic acids is 2. The molecule has 0 bridgehead atoms. The minimum atomic E-state index is -1.43. The summed E-state index contributed by atoms with van der Waals surface area (Å²) in [5.41, 5.74) is 22.1. The monoisotopic (exact) mass is 528 g/mol. The quantitative estimate of drug-likeness (QED) is 0.0551. The first-order chi connectivity index (χ1) is 17.5. The number of rotatable bonds is 17. The van der Waals surface area contributed by atoms with Crippen molar-refractivity contribution in [2.75, 3.05) is 19.6 Å². The second-order valence-corrected chi connectivity index (χ2v) is 8.92. The molecule has 4 unspecified atom stereocenters. The van der Waals surface area contributed by atoms with E-state index in [0.717, 1.165) is 0 Å². The number of unbranched alkanes of at least 4 members (excludes halogenated alkanes) is 1. The first kappa shape index (κ1) is 31.6. The molecule has 0 radical (unpaired) electrons. The second-order valence-electron chi connectivity index (χ2n) is 8.92. The van der Waals surface area contributed by atoms with Crippen molar-refractivity contribution in [3.63, 3.8) is 0 Å². The maximum atomic E-state index is 13.1. The van der Waals surface area contributed by atoms with Gasteiger partial charge in [-0.15, -0.1) is 0 Å². The fourth-order valence-corrected chi connectivity index (χ4v) is 3.99. The Kier molecular flexibility index (Phi) is 13.9. The third-order valence-corrected chi connectivity index (χ3v) is 5.96. The predicted molar refractivity (Wildman–Crippen MR) is 134 cm³/mol. The molecule has 0 aliphatic carbocycles. The number of hydrogen-bond acceptors (Lipinski definition) is 8. The van der Waals surface area contributed by atoms with E-state index in [2.05, 4.69) is 15.6 Å². The molecule has 1 fully saturated rings. The van der Waals surface area contributed by atoms with E-state index in [0.29, 0.717) is 58.2 Å². The Bertz CT molecular complexity index is 834. The van der Waals surface area contributed by atoms with Gasteiger partial charge in [-0.3, -0.25) is 24.2 Å². The lowest BCUT2D eigenvalue weighted by Crippen LogP contribution is -2.56. The number of guanidine groups is 1. The molecule has 4 atom stereocenters. The molecule has 1 aliphatic rings. The Morgan fingerprint density at radius 2 is 1.68 bits per heavy atom. The summed E-state index contributed by atoms with van der Waals surface area (Å²) in [7, 11) is 0. The molecule has 15 heteroatoms. The van der Waals surface area contributed by atoms with Gasteiger partial charge in [0.15, 0.2) is 5.96 Å². The summed E-state index contributed by atoms with van der Waals surface area (Å²) in [5, 5.41) is 23.1. The van der Waals surface area contributed by atoms with Gasteiger partial charge in [-0.25, -0.2) is 4.79 Å². The van der Waals surface area contributed by atoms with Crippen molar-refractivity contribution in [2.45, 2.75) is 82.0 Å². The van der Waals surface area contributed by atoms with Crippen LogP contribution in [0, 0.1) is 0 Å². The Morgan fingerprint density at radius 3 is 2.27 bits per heavy atom. The van der Waals surface area contributed by atoms with Crippen molar-refractivity contribution < 1.29 is 34.2 Å². The maximum Gasteiger partial charge on any atom is 0.326 e. The van der Waals surface area contributed by atoms with Crippen molar-refractivity contribution in [2.24, 2.45) is 27.9 Å². The minimum Gasteiger partial charge on any atom is -0.481 e. The number of likely N-dealkylation sites (tertiary alicyclic amines) is 1. The molecule has 210 valence electrons. The zero-order chi connectivity index (χ0) is 28.0. The van der Waals surface area contributed by atoms with E-state index in [1.807, 2.05) is 0 Å². The third-order valence-electron chi connectivity index (χ3n) is 5.96. The second kappa shape index (κ2) is 16.3. The molecule has 12 N–H and O–H groups in total. The predicted octanol–water partition coefficient (Wildman–Crippen LogP) is -2.59. The van der Waals surface area contributed by atoms with E-state index in [4.69, 9.17) is 28.0 Å². The fourth-order valence-electron chi connectivity index (χ4n) is 3.99. The first-order valence-corrected chi connectivity index (χ1v) is 12.3. The topological polar surface area (TPSA) is 270 Å². The van der Waals surface area contributed by atoms with E-state index in [9.17, 15) is 29.1 Å². The number of amides is 3. The SMILES string of the molecule is NCCCCC(NC(=O)C1CCCN1C(=O)C(N)CCCN=C(N)N)C(=O)NC(CCC(=O)O)C(=O)O. The van der Waals surface area contributed by atoms with Crippen LogP contribution in [0.25, 0.3) is 0 Å². The smallest absolute Gasteiger partial charge is 0.326 e. The van der Waals surface area contributed by atoms with Gasteiger partial charge >= 0.3 is 11.9 Å². The molecule has 1 saturated heterocycles. The summed E-state index contributed by atoms with van der Waals surface area (Å²) in [4.78, 5) is 66.4. The number of carbonyl (C=O) groups is 5. The van der Waals surface area contributed by atoms with Gasteiger partial charge in [0.05, 0.1) is 6.04 Å².